The molecule has 0 spiro atoms. The quantitative estimate of drug-likeness (QED) is 0.523. The van der Waals surface area contributed by atoms with Crippen LogP contribution in [0.1, 0.15) is 11.3 Å². The van der Waals surface area contributed by atoms with Crippen molar-refractivity contribution in [3.8, 4) is 17.2 Å². The maximum Gasteiger partial charge on any atom is 0.433 e. The molecule has 0 atom stereocenters. The van der Waals surface area contributed by atoms with E-state index in [4.69, 9.17) is 0 Å². The Morgan fingerprint density at radius 3 is 2.04 bits per heavy atom. The maximum absolute atomic E-state index is 13.1. The van der Waals surface area contributed by atoms with E-state index in [0.29, 0.717) is 10.7 Å². The first-order valence-corrected chi connectivity index (χ1v) is 7.67. The van der Waals surface area contributed by atoms with Crippen LogP contribution in [0.4, 0.5) is 26.3 Å². The summed E-state index contributed by atoms with van der Waals surface area (Å²) in [6, 6.07) is 4.34. The summed E-state index contributed by atoms with van der Waals surface area (Å²) in [5, 5.41) is 0. The first-order chi connectivity index (χ1) is 12.0. The zero-order chi connectivity index (χ0) is 19.1. The van der Waals surface area contributed by atoms with Gasteiger partial charge in [0.25, 0.3) is 0 Å². The molecule has 136 valence electrons. The Labute approximate surface area is 150 Å². The van der Waals surface area contributed by atoms with Crippen molar-refractivity contribution >= 4 is 15.9 Å². The molecule has 3 rings (SSSR count). The Morgan fingerprint density at radius 2 is 1.54 bits per heavy atom. The minimum Gasteiger partial charge on any atom is -0.273 e. The Hall–Kier alpha value is -2.43. The molecule has 0 amide bonds. The highest BCUT2D eigenvalue weighted by Crippen LogP contribution is 2.33. The highest BCUT2D eigenvalue weighted by atomic mass is 79.9. The summed E-state index contributed by atoms with van der Waals surface area (Å²) in [5.41, 5.74) is -2.21. The third-order valence-corrected chi connectivity index (χ3v) is 3.70. The van der Waals surface area contributed by atoms with Crippen LogP contribution in [0.15, 0.2) is 47.5 Å². The van der Waals surface area contributed by atoms with Crippen LogP contribution in [0.2, 0.25) is 0 Å². The zero-order valence-corrected chi connectivity index (χ0v) is 14.1. The molecule has 0 bridgehead atoms. The highest BCUT2D eigenvalue weighted by Gasteiger charge is 2.34. The molecule has 11 heteroatoms. The third-order valence-electron chi connectivity index (χ3n) is 3.29. The minimum absolute atomic E-state index is 0.0892. The second kappa shape index (κ2) is 6.38. The molecule has 0 radical (unpaired) electrons. The van der Waals surface area contributed by atoms with Crippen LogP contribution in [-0.4, -0.2) is 19.5 Å². The van der Waals surface area contributed by atoms with Crippen molar-refractivity contribution in [2.45, 2.75) is 12.4 Å². The van der Waals surface area contributed by atoms with E-state index >= 15 is 0 Å². The third kappa shape index (κ3) is 3.87. The summed E-state index contributed by atoms with van der Waals surface area (Å²) in [7, 11) is 0. The largest absolute Gasteiger partial charge is 0.433 e. The van der Waals surface area contributed by atoms with Gasteiger partial charge in [-0.1, -0.05) is 12.1 Å². The van der Waals surface area contributed by atoms with Gasteiger partial charge < -0.3 is 0 Å². The van der Waals surface area contributed by atoms with E-state index in [1.165, 1.54) is 12.5 Å². The number of rotatable bonds is 2. The Balaban J connectivity index is 2.11. The lowest BCUT2D eigenvalue weighted by molar-refractivity contribution is -0.141. The van der Waals surface area contributed by atoms with Crippen LogP contribution in [0.5, 0.6) is 0 Å². The summed E-state index contributed by atoms with van der Waals surface area (Å²) >= 11 is 3.06. The van der Waals surface area contributed by atoms with E-state index < -0.39 is 23.6 Å². The first-order valence-electron chi connectivity index (χ1n) is 6.88. The van der Waals surface area contributed by atoms with Gasteiger partial charge in [-0.05, 0) is 34.1 Å². The average Bonchev–Trinajstić information content (AvgIpc) is 2.99. The average molecular weight is 437 g/mol. The molecule has 0 aliphatic heterocycles. The Morgan fingerprint density at radius 1 is 0.885 bits per heavy atom. The normalized spacial score (nSPS) is 12.4. The fourth-order valence-corrected chi connectivity index (χ4v) is 2.39. The summed E-state index contributed by atoms with van der Waals surface area (Å²) in [4.78, 5) is 11.3. The summed E-state index contributed by atoms with van der Waals surface area (Å²) in [6.45, 7) is 0. The van der Waals surface area contributed by atoms with Crippen molar-refractivity contribution in [1.82, 2.24) is 19.5 Å². The van der Waals surface area contributed by atoms with Gasteiger partial charge in [0.05, 0.1) is 11.3 Å². The topological polar surface area (TPSA) is 43.6 Å². The van der Waals surface area contributed by atoms with Gasteiger partial charge in [0.2, 0.25) is 5.95 Å². The van der Waals surface area contributed by atoms with E-state index in [1.807, 2.05) is 0 Å². The van der Waals surface area contributed by atoms with Gasteiger partial charge in [0, 0.05) is 11.8 Å². The van der Waals surface area contributed by atoms with Gasteiger partial charge in [0.1, 0.15) is 10.9 Å². The standard InChI is InChI=1S/C15H7BrF6N4/c16-12-6-26(7-23-12)13-24-10(5-11(25-13)15(20,21)22)8-1-3-9(4-2-8)14(17,18)19/h1-7H. The number of nitrogens with zero attached hydrogens (tertiary/aromatic N) is 4. The van der Waals surface area contributed by atoms with Gasteiger partial charge in [-0.2, -0.15) is 26.3 Å². The number of alkyl halides is 6. The Bertz CT molecular complexity index is 931. The molecular weight excluding hydrogens is 430 g/mol. The predicted molar refractivity (Wildman–Crippen MR) is 82.3 cm³/mol. The number of aromatic nitrogens is 4. The van der Waals surface area contributed by atoms with Crippen molar-refractivity contribution in [3.63, 3.8) is 0 Å². The number of imidazole rings is 1. The van der Waals surface area contributed by atoms with E-state index in [9.17, 15) is 26.3 Å². The highest BCUT2D eigenvalue weighted by molar-refractivity contribution is 9.10. The minimum atomic E-state index is -4.75. The van der Waals surface area contributed by atoms with E-state index in [-0.39, 0.29) is 17.2 Å². The van der Waals surface area contributed by atoms with E-state index in [0.717, 1.165) is 28.8 Å². The number of hydrogen-bond acceptors (Lipinski definition) is 3. The first kappa shape index (κ1) is 18.4. The van der Waals surface area contributed by atoms with Crippen LogP contribution in [0, 0.1) is 0 Å². The fraction of sp³-hybridized carbons (Fsp3) is 0.133. The van der Waals surface area contributed by atoms with Crippen LogP contribution >= 0.6 is 15.9 Å². The molecule has 0 fully saturated rings. The number of halogens is 7. The van der Waals surface area contributed by atoms with Gasteiger partial charge in [-0.3, -0.25) is 4.57 Å². The van der Waals surface area contributed by atoms with Gasteiger partial charge in [-0.25, -0.2) is 15.0 Å². The SMILES string of the molecule is FC(F)(F)c1ccc(-c2cc(C(F)(F)F)nc(-n3cnc(Br)c3)n2)cc1. The predicted octanol–water partition coefficient (Wildman–Crippen LogP) is 5.13. The molecule has 0 N–H and O–H groups in total. The number of benzene rings is 1. The monoisotopic (exact) mass is 436 g/mol. The molecule has 0 unspecified atom stereocenters. The molecule has 4 nitrogen and oxygen atoms in total. The van der Waals surface area contributed by atoms with Gasteiger partial charge in [0.15, 0.2) is 5.69 Å². The number of hydrogen-bond donors (Lipinski definition) is 0. The molecule has 0 aliphatic carbocycles. The summed E-state index contributed by atoms with van der Waals surface area (Å²) < 4.78 is 78.8. The lowest BCUT2D eigenvalue weighted by atomic mass is 10.1. The second-order valence-corrected chi connectivity index (χ2v) is 5.93. The molecule has 3 aromatic rings. The Kier molecular flexibility index (Phi) is 4.51. The molecule has 26 heavy (non-hydrogen) atoms. The van der Waals surface area contributed by atoms with Crippen molar-refractivity contribution in [2.75, 3.05) is 0 Å². The van der Waals surface area contributed by atoms with Crippen LogP contribution in [0.3, 0.4) is 0 Å². The summed E-state index contributed by atoms with van der Waals surface area (Å²) in [6.07, 6.45) is -6.74. The van der Waals surface area contributed by atoms with Crippen molar-refractivity contribution in [3.05, 3.63) is 58.7 Å². The van der Waals surface area contributed by atoms with Crippen LogP contribution < -0.4 is 0 Å². The van der Waals surface area contributed by atoms with E-state index in [1.54, 1.807) is 0 Å². The van der Waals surface area contributed by atoms with Gasteiger partial charge >= 0.3 is 12.4 Å². The molecular formula is C15H7BrF6N4. The fourth-order valence-electron chi connectivity index (χ4n) is 2.08. The van der Waals surface area contributed by atoms with E-state index in [2.05, 4.69) is 30.9 Å². The lowest BCUT2D eigenvalue weighted by Crippen LogP contribution is -2.12. The van der Waals surface area contributed by atoms with Crippen molar-refractivity contribution < 1.29 is 26.3 Å². The zero-order valence-electron chi connectivity index (χ0n) is 12.5. The van der Waals surface area contributed by atoms with Crippen LogP contribution in [-0.2, 0) is 12.4 Å². The molecule has 2 heterocycles. The molecule has 0 aliphatic rings. The van der Waals surface area contributed by atoms with Gasteiger partial charge in [-0.15, -0.1) is 0 Å². The smallest absolute Gasteiger partial charge is 0.273 e. The second-order valence-electron chi connectivity index (χ2n) is 5.11. The maximum atomic E-state index is 13.1. The molecule has 1 aromatic carbocycles. The molecule has 2 aromatic heterocycles. The molecule has 0 saturated carbocycles. The van der Waals surface area contributed by atoms with Crippen LogP contribution in [0.25, 0.3) is 17.2 Å². The summed E-state index contributed by atoms with van der Waals surface area (Å²) in [5.74, 6) is -0.312. The van der Waals surface area contributed by atoms with Crippen molar-refractivity contribution in [2.24, 2.45) is 0 Å². The van der Waals surface area contributed by atoms with Crippen molar-refractivity contribution in [1.29, 1.82) is 0 Å². The molecule has 0 saturated heterocycles. The lowest BCUT2D eigenvalue weighted by Gasteiger charge is -2.12.